The van der Waals surface area contributed by atoms with Gasteiger partial charge in [0.25, 0.3) is 17.5 Å². The summed E-state index contributed by atoms with van der Waals surface area (Å²) in [7, 11) is 0. The lowest BCUT2D eigenvalue weighted by Crippen LogP contribution is -2.27. The quantitative estimate of drug-likeness (QED) is 0.472. The van der Waals surface area contributed by atoms with Crippen LogP contribution in [0.1, 0.15) is 37.0 Å². The van der Waals surface area contributed by atoms with E-state index in [1.165, 1.54) is 24.3 Å². The van der Waals surface area contributed by atoms with Crippen molar-refractivity contribution in [3.05, 3.63) is 78.1 Å². The lowest BCUT2D eigenvalue weighted by molar-refractivity contribution is -0.384. The number of benzene rings is 1. The van der Waals surface area contributed by atoms with Gasteiger partial charge < -0.3 is 11.1 Å². The topological polar surface area (TPSA) is 150 Å². The van der Waals surface area contributed by atoms with E-state index in [1.807, 2.05) is 0 Å². The molecule has 1 aromatic carbocycles. The number of primary amides is 1. The summed E-state index contributed by atoms with van der Waals surface area (Å²) in [4.78, 5) is 48.5. The zero-order valence-corrected chi connectivity index (χ0v) is 17.1. The minimum absolute atomic E-state index is 0.106. The van der Waals surface area contributed by atoms with E-state index >= 15 is 0 Å². The van der Waals surface area contributed by atoms with Crippen LogP contribution in [0.5, 0.6) is 0 Å². The first-order valence-corrected chi connectivity index (χ1v) is 9.49. The third-order valence-electron chi connectivity index (χ3n) is 4.49. The number of carbonyl (C=O) groups is 2. The molecule has 2 heterocycles. The number of hydrogen-bond acceptors (Lipinski definition) is 7. The van der Waals surface area contributed by atoms with Crippen LogP contribution in [0, 0.1) is 30.9 Å². The largest absolute Gasteiger partial charge is 0.365 e. The number of hydrogen-bond donors (Lipinski definition) is 2. The van der Waals surface area contributed by atoms with E-state index in [1.54, 1.807) is 26.8 Å². The SMILES string of the molecule is Cc1sc(NC(=O)c2nn(-c3ccccc3[N+](=O)[O-])c(C)cc2=O)c(C(N)=O)c1C. The lowest BCUT2D eigenvalue weighted by atomic mass is 10.1. The molecule has 3 aromatic rings. The van der Waals surface area contributed by atoms with Gasteiger partial charge in [-0.05, 0) is 32.4 Å². The number of nitro benzene ring substituents is 1. The third-order valence-corrected chi connectivity index (χ3v) is 5.61. The first-order valence-electron chi connectivity index (χ1n) is 8.67. The zero-order chi connectivity index (χ0) is 22.2. The molecular formula is C19H17N5O5S. The first-order chi connectivity index (χ1) is 14.1. The van der Waals surface area contributed by atoms with Crippen LogP contribution in [0.2, 0.25) is 0 Å². The minimum atomic E-state index is -0.851. The number of nitrogens with one attached hydrogen (secondary N) is 1. The van der Waals surface area contributed by atoms with Gasteiger partial charge in [0.2, 0.25) is 5.43 Å². The summed E-state index contributed by atoms with van der Waals surface area (Å²) in [5, 5.41) is 18.1. The van der Waals surface area contributed by atoms with Gasteiger partial charge in [-0.2, -0.15) is 5.10 Å². The maximum absolute atomic E-state index is 12.8. The molecule has 11 heteroatoms. The Morgan fingerprint density at radius 3 is 2.53 bits per heavy atom. The Hall–Kier alpha value is -3.86. The highest BCUT2D eigenvalue weighted by molar-refractivity contribution is 7.16. The van der Waals surface area contributed by atoms with E-state index in [0.29, 0.717) is 11.3 Å². The van der Waals surface area contributed by atoms with Crippen molar-refractivity contribution in [2.75, 3.05) is 5.32 Å². The molecule has 0 atom stereocenters. The summed E-state index contributed by atoms with van der Waals surface area (Å²) in [5.41, 5.74) is 5.26. The van der Waals surface area contributed by atoms with E-state index in [-0.39, 0.29) is 21.9 Å². The van der Waals surface area contributed by atoms with Crippen LogP contribution < -0.4 is 16.5 Å². The molecule has 0 saturated carbocycles. The van der Waals surface area contributed by atoms with Crippen LogP contribution in [0.3, 0.4) is 0 Å². The van der Waals surface area contributed by atoms with Crippen molar-refractivity contribution in [2.24, 2.45) is 5.73 Å². The van der Waals surface area contributed by atoms with Crippen molar-refractivity contribution in [2.45, 2.75) is 20.8 Å². The van der Waals surface area contributed by atoms with Crippen molar-refractivity contribution in [3.63, 3.8) is 0 Å². The highest BCUT2D eigenvalue weighted by atomic mass is 32.1. The fourth-order valence-electron chi connectivity index (χ4n) is 2.92. The summed E-state index contributed by atoms with van der Waals surface area (Å²) in [6.45, 7) is 5.02. The van der Waals surface area contributed by atoms with Crippen LogP contribution in [0.25, 0.3) is 5.69 Å². The number of rotatable bonds is 5. The molecule has 0 unspecified atom stereocenters. The van der Waals surface area contributed by atoms with Gasteiger partial charge in [0.05, 0.1) is 10.5 Å². The van der Waals surface area contributed by atoms with Gasteiger partial charge in [-0.25, -0.2) is 4.68 Å². The minimum Gasteiger partial charge on any atom is -0.365 e. The molecule has 3 rings (SSSR count). The second-order valence-electron chi connectivity index (χ2n) is 6.46. The van der Waals surface area contributed by atoms with Gasteiger partial charge in [-0.15, -0.1) is 11.3 Å². The fraction of sp³-hybridized carbons (Fsp3) is 0.158. The van der Waals surface area contributed by atoms with E-state index in [0.717, 1.165) is 20.9 Å². The average molecular weight is 427 g/mol. The smallest absolute Gasteiger partial charge is 0.294 e. The monoisotopic (exact) mass is 427 g/mol. The Morgan fingerprint density at radius 2 is 1.90 bits per heavy atom. The number of nitrogens with zero attached hydrogens (tertiary/aromatic N) is 3. The molecule has 0 saturated heterocycles. The molecule has 0 aliphatic carbocycles. The highest BCUT2D eigenvalue weighted by Crippen LogP contribution is 2.32. The summed E-state index contributed by atoms with van der Waals surface area (Å²) >= 11 is 1.15. The number of aromatic nitrogens is 2. The second-order valence-corrected chi connectivity index (χ2v) is 7.69. The standard InChI is InChI=1S/C19H17N5O5S/c1-9-8-14(25)16(22-23(9)12-6-4-5-7-13(12)24(28)29)18(27)21-19-15(17(20)26)10(2)11(3)30-19/h4-8H,1-3H3,(H2,20,26)(H,21,27). The molecule has 0 bridgehead atoms. The molecule has 0 fully saturated rings. The third kappa shape index (κ3) is 3.70. The second kappa shape index (κ2) is 7.87. The molecule has 30 heavy (non-hydrogen) atoms. The van der Waals surface area contributed by atoms with Gasteiger partial charge >= 0.3 is 0 Å². The van der Waals surface area contributed by atoms with Crippen molar-refractivity contribution in [3.8, 4) is 5.69 Å². The Kier molecular flexibility index (Phi) is 5.47. The normalized spacial score (nSPS) is 10.6. The summed E-state index contributed by atoms with van der Waals surface area (Å²) in [6, 6.07) is 7.00. The molecule has 0 spiro atoms. The maximum atomic E-state index is 12.8. The summed E-state index contributed by atoms with van der Waals surface area (Å²) in [5.74, 6) is -1.56. The molecule has 2 amide bonds. The van der Waals surface area contributed by atoms with E-state index < -0.39 is 27.9 Å². The van der Waals surface area contributed by atoms with E-state index in [2.05, 4.69) is 10.4 Å². The molecule has 154 valence electrons. The molecule has 3 N–H and O–H groups in total. The van der Waals surface area contributed by atoms with Crippen LogP contribution in [-0.4, -0.2) is 26.5 Å². The molecule has 10 nitrogen and oxygen atoms in total. The Balaban J connectivity index is 2.09. The number of thiophene rings is 1. The van der Waals surface area contributed by atoms with Crippen molar-refractivity contribution >= 4 is 33.8 Å². The summed E-state index contributed by atoms with van der Waals surface area (Å²) < 4.78 is 1.16. The number of nitrogens with two attached hydrogens (primary N) is 1. The molecule has 0 radical (unpaired) electrons. The number of aryl methyl sites for hydroxylation is 2. The average Bonchev–Trinajstić information content (AvgIpc) is 2.95. The number of anilines is 1. The van der Waals surface area contributed by atoms with Crippen molar-refractivity contribution in [1.82, 2.24) is 9.78 Å². The van der Waals surface area contributed by atoms with Gasteiger partial charge in [0, 0.05) is 22.7 Å². The molecular weight excluding hydrogens is 410 g/mol. The molecule has 0 aliphatic heterocycles. The van der Waals surface area contributed by atoms with Gasteiger partial charge in [-0.3, -0.25) is 24.5 Å². The molecule has 2 aromatic heterocycles. The predicted octanol–water partition coefficient (Wildman–Crippen LogP) is 2.48. The van der Waals surface area contributed by atoms with Crippen LogP contribution in [0.4, 0.5) is 10.7 Å². The molecule has 0 aliphatic rings. The predicted molar refractivity (Wildman–Crippen MR) is 111 cm³/mol. The first kappa shape index (κ1) is 20.9. The Labute approximate surface area is 174 Å². The Morgan fingerprint density at radius 1 is 1.23 bits per heavy atom. The number of nitro groups is 1. The Bertz CT molecular complexity index is 1260. The number of carbonyl (C=O) groups excluding carboxylic acids is 2. The summed E-state index contributed by atoms with van der Waals surface area (Å²) in [6.07, 6.45) is 0. The maximum Gasteiger partial charge on any atom is 0.294 e. The fourth-order valence-corrected chi connectivity index (χ4v) is 3.98. The van der Waals surface area contributed by atoms with Crippen LogP contribution in [0.15, 0.2) is 35.1 Å². The van der Waals surface area contributed by atoms with Crippen molar-refractivity contribution < 1.29 is 14.5 Å². The van der Waals surface area contributed by atoms with Gasteiger partial charge in [-0.1, -0.05) is 12.1 Å². The van der Waals surface area contributed by atoms with Crippen LogP contribution in [-0.2, 0) is 0 Å². The van der Waals surface area contributed by atoms with E-state index in [4.69, 9.17) is 5.73 Å². The van der Waals surface area contributed by atoms with Crippen LogP contribution >= 0.6 is 11.3 Å². The van der Waals surface area contributed by atoms with E-state index in [9.17, 15) is 24.5 Å². The number of amides is 2. The zero-order valence-electron chi connectivity index (χ0n) is 16.3. The highest BCUT2D eigenvalue weighted by Gasteiger charge is 2.23. The van der Waals surface area contributed by atoms with Gasteiger partial charge in [0.15, 0.2) is 5.69 Å². The van der Waals surface area contributed by atoms with Crippen molar-refractivity contribution in [1.29, 1.82) is 0 Å². The van der Waals surface area contributed by atoms with Gasteiger partial charge in [0.1, 0.15) is 10.7 Å². The lowest BCUT2D eigenvalue weighted by Gasteiger charge is -2.11. The number of para-hydroxylation sites is 2.